The molecule has 0 spiro atoms. The highest BCUT2D eigenvalue weighted by molar-refractivity contribution is 6.32. The van der Waals surface area contributed by atoms with Crippen LogP contribution < -0.4 is 10.6 Å². The van der Waals surface area contributed by atoms with Crippen molar-refractivity contribution >= 4 is 17.3 Å². The Kier molecular flexibility index (Phi) is 4.55. The Labute approximate surface area is 127 Å². The summed E-state index contributed by atoms with van der Waals surface area (Å²) in [7, 11) is 1.60. The van der Waals surface area contributed by atoms with Crippen molar-refractivity contribution in [1.82, 2.24) is 0 Å². The molecule has 0 aliphatic rings. The van der Waals surface area contributed by atoms with E-state index in [4.69, 9.17) is 22.2 Å². The number of halogens is 1. The molecule has 0 amide bonds. The van der Waals surface area contributed by atoms with Gasteiger partial charge in [-0.25, -0.2) is 0 Å². The molecule has 0 aliphatic carbocycles. The van der Waals surface area contributed by atoms with Crippen molar-refractivity contribution in [3.63, 3.8) is 0 Å². The van der Waals surface area contributed by atoms with Crippen molar-refractivity contribution in [2.75, 3.05) is 7.11 Å². The first-order valence-corrected chi connectivity index (χ1v) is 6.54. The van der Waals surface area contributed by atoms with Gasteiger partial charge in [0.05, 0.1) is 17.8 Å². The van der Waals surface area contributed by atoms with Crippen LogP contribution in [0, 0.1) is 0 Å². The van der Waals surface area contributed by atoms with E-state index in [0.717, 1.165) is 17.4 Å². The highest BCUT2D eigenvalue weighted by Crippen LogP contribution is 2.31. The van der Waals surface area contributed by atoms with Crippen LogP contribution in [0.15, 0.2) is 41.5 Å². The van der Waals surface area contributed by atoms with Gasteiger partial charge in [0.25, 0.3) is 0 Å². The molecule has 0 saturated heterocycles. The fourth-order valence-electron chi connectivity index (χ4n) is 1.93. The molecule has 5 nitrogen and oxygen atoms in total. The van der Waals surface area contributed by atoms with E-state index >= 15 is 0 Å². The molecule has 21 heavy (non-hydrogen) atoms. The second-order valence-electron chi connectivity index (χ2n) is 4.42. The van der Waals surface area contributed by atoms with Crippen LogP contribution in [0.2, 0.25) is 5.02 Å². The number of hydrogen-bond acceptors (Lipinski definition) is 5. The number of hydrazone groups is 1. The number of aromatic hydroxyl groups is 2. The molecule has 0 unspecified atom stereocenters. The third-order valence-corrected chi connectivity index (χ3v) is 3.37. The van der Waals surface area contributed by atoms with Crippen LogP contribution in [0.3, 0.4) is 0 Å². The topological polar surface area (TPSA) is 88.1 Å². The summed E-state index contributed by atoms with van der Waals surface area (Å²) in [6, 6.07) is 10.0. The Morgan fingerprint density at radius 1 is 1.19 bits per heavy atom. The first-order valence-electron chi connectivity index (χ1n) is 6.16. The monoisotopic (exact) mass is 306 g/mol. The summed E-state index contributed by atoms with van der Waals surface area (Å²) in [6.07, 6.45) is 0.412. The molecule has 0 heterocycles. The highest BCUT2D eigenvalue weighted by atomic mass is 35.5. The van der Waals surface area contributed by atoms with Crippen molar-refractivity contribution in [2.24, 2.45) is 10.9 Å². The molecule has 0 atom stereocenters. The van der Waals surface area contributed by atoms with E-state index in [1.165, 1.54) is 6.07 Å². The molecule has 0 fully saturated rings. The van der Waals surface area contributed by atoms with E-state index < -0.39 is 0 Å². The molecular weight excluding hydrogens is 292 g/mol. The van der Waals surface area contributed by atoms with E-state index in [-0.39, 0.29) is 16.5 Å². The van der Waals surface area contributed by atoms with Crippen molar-refractivity contribution in [3.05, 3.63) is 52.5 Å². The number of phenolic OH excluding ortho intramolecular Hbond substituents is 2. The average molecular weight is 307 g/mol. The minimum atomic E-state index is -0.196. The first kappa shape index (κ1) is 15.0. The summed E-state index contributed by atoms with van der Waals surface area (Å²) in [5, 5.41) is 23.2. The number of hydrogen-bond donors (Lipinski definition) is 3. The van der Waals surface area contributed by atoms with Crippen molar-refractivity contribution in [2.45, 2.75) is 6.42 Å². The molecule has 4 N–H and O–H groups in total. The van der Waals surface area contributed by atoms with E-state index in [1.807, 2.05) is 24.3 Å². The zero-order valence-corrected chi connectivity index (χ0v) is 12.1. The van der Waals surface area contributed by atoms with Crippen LogP contribution in [-0.4, -0.2) is 23.0 Å². The van der Waals surface area contributed by atoms with Gasteiger partial charge in [0.15, 0.2) is 0 Å². The molecule has 0 radical (unpaired) electrons. The zero-order valence-electron chi connectivity index (χ0n) is 11.4. The molecular formula is C15H15ClN2O3. The van der Waals surface area contributed by atoms with Gasteiger partial charge < -0.3 is 20.8 Å². The SMILES string of the molecule is COc1ccc(C/C(=N/N)c2cc(Cl)c(O)cc2O)cc1. The van der Waals surface area contributed by atoms with Crippen LogP contribution in [0.5, 0.6) is 17.2 Å². The van der Waals surface area contributed by atoms with Crippen molar-refractivity contribution in [3.8, 4) is 17.2 Å². The Balaban J connectivity index is 2.30. The van der Waals surface area contributed by atoms with Gasteiger partial charge in [-0.2, -0.15) is 5.10 Å². The largest absolute Gasteiger partial charge is 0.507 e. The summed E-state index contributed by atoms with van der Waals surface area (Å²) in [5.41, 5.74) is 1.79. The van der Waals surface area contributed by atoms with Gasteiger partial charge >= 0.3 is 0 Å². The summed E-state index contributed by atoms with van der Waals surface area (Å²) in [4.78, 5) is 0. The van der Waals surface area contributed by atoms with Crippen LogP contribution in [0.4, 0.5) is 0 Å². The lowest BCUT2D eigenvalue weighted by atomic mass is 10.0. The van der Waals surface area contributed by atoms with Crippen LogP contribution in [-0.2, 0) is 6.42 Å². The molecule has 0 saturated carbocycles. The molecule has 2 rings (SSSR count). The smallest absolute Gasteiger partial charge is 0.137 e. The standard InChI is InChI=1S/C15H15ClN2O3/c1-21-10-4-2-9(3-5-10)6-13(18-17)11-7-12(16)15(20)8-14(11)19/h2-5,7-8,19-20H,6,17H2,1H3/b18-13-. The highest BCUT2D eigenvalue weighted by Gasteiger charge is 2.13. The van der Waals surface area contributed by atoms with E-state index in [0.29, 0.717) is 17.7 Å². The maximum Gasteiger partial charge on any atom is 0.137 e. The van der Waals surface area contributed by atoms with E-state index in [9.17, 15) is 10.2 Å². The third kappa shape index (κ3) is 3.38. The maximum absolute atomic E-state index is 9.90. The lowest BCUT2D eigenvalue weighted by Gasteiger charge is -2.10. The van der Waals surface area contributed by atoms with Crippen LogP contribution >= 0.6 is 11.6 Å². The molecule has 0 aliphatic heterocycles. The summed E-state index contributed by atoms with van der Waals surface area (Å²) < 4.78 is 5.09. The number of nitrogens with zero attached hydrogens (tertiary/aromatic N) is 1. The third-order valence-electron chi connectivity index (χ3n) is 3.06. The number of nitrogens with two attached hydrogens (primary N) is 1. The maximum atomic E-state index is 9.90. The first-order chi connectivity index (χ1) is 10.0. The Bertz CT molecular complexity index is 669. The number of rotatable bonds is 4. The van der Waals surface area contributed by atoms with E-state index in [1.54, 1.807) is 7.11 Å². The summed E-state index contributed by atoms with van der Waals surface area (Å²) >= 11 is 5.86. The molecule has 110 valence electrons. The molecule has 6 heteroatoms. The zero-order chi connectivity index (χ0) is 15.4. The Morgan fingerprint density at radius 3 is 2.43 bits per heavy atom. The van der Waals surface area contributed by atoms with Crippen LogP contribution in [0.25, 0.3) is 0 Å². The molecule has 2 aromatic carbocycles. The van der Waals surface area contributed by atoms with Gasteiger partial charge in [0, 0.05) is 18.1 Å². The minimum Gasteiger partial charge on any atom is -0.507 e. The molecule has 2 aromatic rings. The van der Waals surface area contributed by atoms with Gasteiger partial charge in [0.1, 0.15) is 17.2 Å². The second kappa shape index (κ2) is 6.37. The molecule has 0 aromatic heterocycles. The number of methoxy groups -OCH3 is 1. The Hall–Kier alpha value is -2.40. The van der Waals surface area contributed by atoms with Gasteiger partial charge in [0.2, 0.25) is 0 Å². The normalized spacial score (nSPS) is 11.4. The van der Waals surface area contributed by atoms with Gasteiger partial charge in [-0.1, -0.05) is 23.7 Å². The number of phenols is 2. The summed E-state index contributed by atoms with van der Waals surface area (Å²) in [5.74, 6) is 5.84. The van der Waals surface area contributed by atoms with Crippen molar-refractivity contribution < 1.29 is 14.9 Å². The second-order valence-corrected chi connectivity index (χ2v) is 4.83. The lowest BCUT2D eigenvalue weighted by molar-refractivity contribution is 0.414. The number of ether oxygens (including phenoxy) is 1. The Morgan fingerprint density at radius 2 is 1.86 bits per heavy atom. The fraction of sp³-hybridized carbons (Fsp3) is 0.133. The average Bonchev–Trinajstić information content (AvgIpc) is 2.49. The van der Waals surface area contributed by atoms with Gasteiger partial charge in [-0.3, -0.25) is 0 Å². The van der Waals surface area contributed by atoms with Gasteiger partial charge in [-0.05, 0) is 23.8 Å². The summed E-state index contributed by atoms with van der Waals surface area (Å²) in [6.45, 7) is 0. The number of benzene rings is 2. The minimum absolute atomic E-state index is 0.124. The van der Waals surface area contributed by atoms with E-state index in [2.05, 4.69) is 5.10 Å². The predicted molar refractivity (Wildman–Crippen MR) is 82.2 cm³/mol. The van der Waals surface area contributed by atoms with Crippen molar-refractivity contribution in [1.29, 1.82) is 0 Å². The van der Waals surface area contributed by atoms with Crippen LogP contribution in [0.1, 0.15) is 11.1 Å². The van der Waals surface area contributed by atoms with Gasteiger partial charge in [-0.15, -0.1) is 0 Å². The lowest BCUT2D eigenvalue weighted by Crippen LogP contribution is -2.08. The predicted octanol–water partition coefficient (Wildman–Crippen LogP) is 2.67. The molecule has 0 bridgehead atoms. The fourth-order valence-corrected chi connectivity index (χ4v) is 2.09. The quantitative estimate of drug-likeness (QED) is 0.460.